The summed E-state index contributed by atoms with van der Waals surface area (Å²) in [5.41, 5.74) is 4.04. The van der Waals surface area contributed by atoms with Crippen LogP contribution in [-0.2, 0) is 6.54 Å². The molecule has 0 unspecified atom stereocenters. The number of hydrogen-bond donors (Lipinski definition) is 1. The Kier molecular flexibility index (Phi) is 5.13. The second-order valence-electron chi connectivity index (χ2n) is 7.50. The Morgan fingerprint density at radius 3 is 2.26 bits per heavy atom. The van der Waals surface area contributed by atoms with E-state index in [9.17, 15) is 9.59 Å². The second-order valence-corrected chi connectivity index (χ2v) is 7.50. The summed E-state index contributed by atoms with van der Waals surface area (Å²) in [6, 6.07) is 11.2. The first kappa shape index (κ1) is 18.8. The van der Waals surface area contributed by atoms with Gasteiger partial charge in [0.25, 0.3) is 11.5 Å². The Hall–Kier alpha value is -2.95. The minimum Gasteiger partial charge on any atom is -0.320 e. The van der Waals surface area contributed by atoms with E-state index in [0.29, 0.717) is 17.3 Å². The molecule has 2 aromatic carbocycles. The summed E-state index contributed by atoms with van der Waals surface area (Å²) in [6.07, 6.45) is 0. The van der Waals surface area contributed by atoms with Crippen molar-refractivity contribution in [2.45, 2.75) is 41.2 Å². The molecule has 0 bridgehead atoms. The summed E-state index contributed by atoms with van der Waals surface area (Å²) < 4.78 is 1.40. The van der Waals surface area contributed by atoms with Crippen LogP contribution in [-0.4, -0.2) is 15.7 Å². The summed E-state index contributed by atoms with van der Waals surface area (Å²) in [4.78, 5) is 25.8. The fourth-order valence-corrected chi connectivity index (χ4v) is 3.42. The number of benzene rings is 2. The molecule has 1 aromatic heterocycles. The Morgan fingerprint density at radius 1 is 1.07 bits per heavy atom. The summed E-state index contributed by atoms with van der Waals surface area (Å²) >= 11 is 0. The van der Waals surface area contributed by atoms with Crippen LogP contribution in [0.5, 0.6) is 0 Å². The van der Waals surface area contributed by atoms with Gasteiger partial charge in [-0.2, -0.15) is 5.10 Å². The topological polar surface area (TPSA) is 64.0 Å². The number of rotatable bonds is 4. The maximum atomic E-state index is 13.1. The van der Waals surface area contributed by atoms with Gasteiger partial charge in [0.1, 0.15) is 0 Å². The van der Waals surface area contributed by atoms with Gasteiger partial charge in [-0.25, -0.2) is 4.68 Å². The highest BCUT2D eigenvalue weighted by molar-refractivity contribution is 6.11. The van der Waals surface area contributed by atoms with Crippen LogP contribution in [0.25, 0.3) is 10.8 Å². The summed E-state index contributed by atoms with van der Waals surface area (Å²) in [7, 11) is 0. The van der Waals surface area contributed by atoms with Gasteiger partial charge in [-0.15, -0.1) is 0 Å². The van der Waals surface area contributed by atoms with Crippen LogP contribution in [0.2, 0.25) is 0 Å². The van der Waals surface area contributed by atoms with E-state index in [0.717, 1.165) is 22.4 Å². The van der Waals surface area contributed by atoms with E-state index in [1.165, 1.54) is 4.68 Å². The molecule has 0 radical (unpaired) electrons. The molecule has 0 atom stereocenters. The minimum absolute atomic E-state index is 0.168. The van der Waals surface area contributed by atoms with Crippen LogP contribution in [0, 0.1) is 26.7 Å². The van der Waals surface area contributed by atoms with Crippen LogP contribution in [0.15, 0.2) is 41.2 Å². The molecule has 0 aliphatic carbocycles. The maximum absolute atomic E-state index is 13.1. The van der Waals surface area contributed by atoms with Gasteiger partial charge in [-0.05, 0) is 43.9 Å². The molecule has 0 aliphatic rings. The Bertz CT molecular complexity index is 1060. The smallest absolute Gasteiger partial charge is 0.276 e. The van der Waals surface area contributed by atoms with E-state index in [2.05, 4.69) is 10.4 Å². The van der Waals surface area contributed by atoms with Crippen LogP contribution in [0.1, 0.15) is 41.0 Å². The standard InChI is InChI=1S/C22H25N3O2/c1-13(2)12-25-22(27)18-9-7-6-8-17(18)20(24-25)21(26)23-19-15(4)10-14(3)11-16(19)5/h6-11,13H,12H2,1-5H3,(H,23,26). The van der Waals surface area contributed by atoms with Gasteiger partial charge in [0.2, 0.25) is 0 Å². The third-order valence-electron chi connectivity index (χ3n) is 4.54. The third kappa shape index (κ3) is 3.77. The van der Waals surface area contributed by atoms with Crippen LogP contribution in [0.3, 0.4) is 0 Å². The molecule has 5 nitrogen and oxygen atoms in total. The van der Waals surface area contributed by atoms with Crippen molar-refractivity contribution in [2.24, 2.45) is 5.92 Å². The first-order valence-corrected chi connectivity index (χ1v) is 9.17. The highest BCUT2D eigenvalue weighted by atomic mass is 16.2. The molecule has 0 fully saturated rings. The van der Waals surface area contributed by atoms with Gasteiger partial charge in [0, 0.05) is 17.6 Å². The molecular formula is C22H25N3O2. The zero-order chi connectivity index (χ0) is 19.7. The average molecular weight is 363 g/mol. The number of anilines is 1. The molecule has 0 aliphatic heterocycles. The highest BCUT2D eigenvalue weighted by Crippen LogP contribution is 2.23. The van der Waals surface area contributed by atoms with E-state index < -0.39 is 0 Å². The second kappa shape index (κ2) is 7.35. The number of hydrogen-bond acceptors (Lipinski definition) is 3. The van der Waals surface area contributed by atoms with Crippen molar-refractivity contribution in [1.82, 2.24) is 9.78 Å². The molecular weight excluding hydrogens is 338 g/mol. The molecule has 1 heterocycles. The van der Waals surface area contributed by atoms with Crippen LogP contribution >= 0.6 is 0 Å². The highest BCUT2D eigenvalue weighted by Gasteiger charge is 2.18. The van der Waals surface area contributed by atoms with Crippen LogP contribution in [0.4, 0.5) is 5.69 Å². The van der Waals surface area contributed by atoms with Crippen molar-refractivity contribution >= 4 is 22.4 Å². The van der Waals surface area contributed by atoms with Crippen molar-refractivity contribution in [3.63, 3.8) is 0 Å². The van der Waals surface area contributed by atoms with Crippen molar-refractivity contribution in [2.75, 3.05) is 5.32 Å². The van der Waals surface area contributed by atoms with E-state index >= 15 is 0 Å². The number of aromatic nitrogens is 2. The number of nitrogens with zero attached hydrogens (tertiary/aromatic N) is 2. The van der Waals surface area contributed by atoms with E-state index in [1.54, 1.807) is 18.2 Å². The Balaban J connectivity index is 2.12. The number of nitrogens with one attached hydrogen (secondary N) is 1. The molecule has 140 valence electrons. The van der Waals surface area contributed by atoms with Gasteiger partial charge < -0.3 is 5.32 Å². The van der Waals surface area contributed by atoms with E-state index in [1.807, 2.05) is 52.8 Å². The van der Waals surface area contributed by atoms with Crippen molar-refractivity contribution in [1.29, 1.82) is 0 Å². The number of fused-ring (bicyclic) bond motifs is 1. The van der Waals surface area contributed by atoms with Gasteiger partial charge in [-0.3, -0.25) is 9.59 Å². The molecule has 3 aromatic rings. The normalized spacial score (nSPS) is 11.2. The summed E-state index contributed by atoms with van der Waals surface area (Å²) in [5.74, 6) is -0.0624. The fourth-order valence-electron chi connectivity index (χ4n) is 3.42. The molecule has 0 saturated heterocycles. The minimum atomic E-state index is -0.307. The van der Waals surface area contributed by atoms with E-state index in [4.69, 9.17) is 0 Å². The Labute approximate surface area is 159 Å². The zero-order valence-corrected chi connectivity index (χ0v) is 16.5. The predicted octanol–water partition coefficient (Wildman–Crippen LogP) is 4.23. The molecule has 0 spiro atoms. The lowest BCUT2D eigenvalue weighted by Crippen LogP contribution is -2.29. The molecule has 0 saturated carbocycles. The molecule has 1 N–H and O–H groups in total. The number of carbonyl (C=O) groups excluding carboxylic acids is 1. The van der Waals surface area contributed by atoms with Gasteiger partial charge in [0.15, 0.2) is 5.69 Å². The van der Waals surface area contributed by atoms with Crippen molar-refractivity contribution in [3.05, 3.63) is 69.1 Å². The Morgan fingerprint density at radius 2 is 1.67 bits per heavy atom. The fraction of sp³-hybridized carbons (Fsp3) is 0.318. The van der Waals surface area contributed by atoms with Crippen molar-refractivity contribution in [3.8, 4) is 0 Å². The predicted molar refractivity (Wildman–Crippen MR) is 109 cm³/mol. The number of amides is 1. The first-order valence-electron chi connectivity index (χ1n) is 9.17. The lowest BCUT2D eigenvalue weighted by molar-refractivity contribution is 0.102. The van der Waals surface area contributed by atoms with E-state index in [-0.39, 0.29) is 23.1 Å². The number of carbonyl (C=O) groups is 1. The first-order chi connectivity index (χ1) is 12.8. The van der Waals surface area contributed by atoms with Crippen LogP contribution < -0.4 is 10.9 Å². The molecule has 1 amide bonds. The third-order valence-corrected chi connectivity index (χ3v) is 4.54. The molecule has 3 rings (SSSR count). The quantitative estimate of drug-likeness (QED) is 0.754. The maximum Gasteiger partial charge on any atom is 0.276 e. The monoisotopic (exact) mass is 363 g/mol. The summed E-state index contributed by atoms with van der Waals surface area (Å²) in [5, 5.41) is 8.48. The molecule has 27 heavy (non-hydrogen) atoms. The largest absolute Gasteiger partial charge is 0.320 e. The molecule has 5 heteroatoms. The number of aryl methyl sites for hydroxylation is 3. The van der Waals surface area contributed by atoms with Crippen molar-refractivity contribution < 1.29 is 4.79 Å². The van der Waals surface area contributed by atoms with Gasteiger partial charge >= 0.3 is 0 Å². The summed E-state index contributed by atoms with van der Waals surface area (Å²) in [6.45, 7) is 10.5. The lowest BCUT2D eigenvalue weighted by atomic mass is 10.0. The van der Waals surface area contributed by atoms with Gasteiger partial charge in [-0.1, -0.05) is 49.7 Å². The SMILES string of the molecule is Cc1cc(C)c(NC(=O)c2nn(CC(C)C)c(=O)c3ccccc23)c(C)c1. The van der Waals surface area contributed by atoms with Gasteiger partial charge in [0.05, 0.1) is 5.39 Å². The zero-order valence-electron chi connectivity index (χ0n) is 16.5. The lowest BCUT2D eigenvalue weighted by Gasteiger charge is -2.15. The average Bonchev–Trinajstić information content (AvgIpc) is 2.60.